The lowest BCUT2D eigenvalue weighted by atomic mass is 9.89. The largest absolute Gasteiger partial charge is 0.384 e. The van der Waals surface area contributed by atoms with Gasteiger partial charge in [-0.25, -0.2) is 4.98 Å². The van der Waals surface area contributed by atoms with Gasteiger partial charge in [0.2, 0.25) is 0 Å². The normalized spacial score (nSPS) is 25.1. The Bertz CT molecular complexity index is 350. The van der Waals surface area contributed by atoms with Crippen LogP contribution in [-0.4, -0.2) is 43.2 Å². The molecule has 2 rings (SSSR count). The summed E-state index contributed by atoms with van der Waals surface area (Å²) in [7, 11) is 4.16. The summed E-state index contributed by atoms with van der Waals surface area (Å²) in [5.41, 5.74) is 6.89. The predicted molar refractivity (Wildman–Crippen MR) is 68.9 cm³/mol. The van der Waals surface area contributed by atoms with E-state index < -0.39 is 0 Å². The van der Waals surface area contributed by atoms with Crippen molar-refractivity contribution in [2.75, 3.05) is 33.0 Å². The van der Waals surface area contributed by atoms with E-state index in [0.29, 0.717) is 17.8 Å². The first-order valence-electron chi connectivity index (χ1n) is 6.13. The van der Waals surface area contributed by atoms with E-state index in [2.05, 4.69) is 30.0 Å². The van der Waals surface area contributed by atoms with E-state index in [4.69, 9.17) is 10.5 Å². The number of anilines is 1. The lowest BCUT2D eigenvalue weighted by molar-refractivity contribution is -0.00651. The molecule has 1 aromatic heterocycles. The van der Waals surface area contributed by atoms with Crippen LogP contribution in [0.2, 0.25) is 0 Å². The highest BCUT2D eigenvalue weighted by atomic mass is 16.5. The van der Waals surface area contributed by atoms with Crippen LogP contribution in [0.4, 0.5) is 5.82 Å². The standard InChI is InChI=1S/C13H21N3O/c1-16(2)9-12-7-10(5-6-17-12)11-3-4-13(14)15-8-11/h3-4,8,10,12H,5-7,9H2,1-2H3,(H2,14,15). The Morgan fingerprint density at radius 3 is 2.94 bits per heavy atom. The maximum atomic E-state index is 5.78. The van der Waals surface area contributed by atoms with Crippen molar-refractivity contribution in [3.8, 4) is 0 Å². The Labute approximate surface area is 103 Å². The zero-order valence-corrected chi connectivity index (χ0v) is 10.6. The van der Waals surface area contributed by atoms with Crippen molar-refractivity contribution >= 4 is 5.82 Å². The Kier molecular flexibility index (Phi) is 3.97. The van der Waals surface area contributed by atoms with Crippen LogP contribution in [0.3, 0.4) is 0 Å². The average molecular weight is 235 g/mol. The summed E-state index contributed by atoms with van der Waals surface area (Å²) in [5, 5.41) is 0. The van der Waals surface area contributed by atoms with Crippen molar-refractivity contribution in [2.24, 2.45) is 0 Å². The van der Waals surface area contributed by atoms with Gasteiger partial charge in [-0.15, -0.1) is 0 Å². The molecule has 0 spiro atoms. The topological polar surface area (TPSA) is 51.4 Å². The van der Waals surface area contributed by atoms with Crippen LogP contribution in [0.1, 0.15) is 24.3 Å². The van der Waals surface area contributed by atoms with Crippen LogP contribution >= 0.6 is 0 Å². The highest BCUT2D eigenvalue weighted by Crippen LogP contribution is 2.30. The van der Waals surface area contributed by atoms with Gasteiger partial charge in [-0.3, -0.25) is 0 Å². The molecule has 2 heterocycles. The molecule has 0 aromatic carbocycles. The third-order valence-corrected chi connectivity index (χ3v) is 3.22. The molecule has 4 heteroatoms. The van der Waals surface area contributed by atoms with Gasteiger partial charge >= 0.3 is 0 Å². The molecule has 94 valence electrons. The zero-order chi connectivity index (χ0) is 12.3. The Morgan fingerprint density at radius 1 is 1.47 bits per heavy atom. The summed E-state index contributed by atoms with van der Waals surface area (Å²) < 4.78 is 5.78. The van der Waals surface area contributed by atoms with Gasteiger partial charge in [0, 0.05) is 19.3 Å². The lowest BCUT2D eigenvalue weighted by Crippen LogP contribution is -2.33. The van der Waals surface area contributed by atoms with E-state index in [9.17, 15) is 0 Å². The first-order valence-corrected chi connectivity index (χ1v) is 6.13. The molecule has 1 aromatic rings. The predicted octanol–water partition coefficient (Wildman–Crippen LogP) is 1.49. The molecule has 2 unspecified atom stereocenters. The molecule has 0 bridgehead atoms. The number of rotatable bonds is 3. The molecule has 0 radical (unpaired) electrons. The molecule has 0 aliphatic carbocycles. The summed E-state index contributed by atoms with van der Waals surface area (Å²) in [6.45, 7) is 1.83. The summed E-state index contributed by atoms with van der Waals surface area (Å²) in [5.74, 6) is 1.15. The van der Waals surface area contributed by atoms with Gasteiger partial charge < -0.3 is 15.4 Å². The molecular weight excluding hydrogens is 214 g/mol. The number of pyridine rings is 1. The smallest absolute Gasteiger partial charge is 0.123 e. The molecule has 1 fully saturated rings. The van der Waals surface area contributed by atoms with Crippen LogP contribution in [0.5, 0.6) is 0 Å². The fraction of sp³-hybridized carbons (Fsp3) is 0.615. The number of hydrogen-bond donors (Lipinski definition) is 1. The third kappa shape index (κ3) is 3.41. The van der Waals surface area contributed by atoms with Crippen molar-refractivity contribution in [3.05, 3.63) is 23.9 Å². The minimum Gasteiger partial charge on any atom is -0.384 e. The molecule has 4 nitrogen and oxygen atoms in total. The molecule has 1 aliphatic heterocycles. The second-order valence-electron chi connectivity index (χ2n) is 4.99. The van der Waals surface area contributed by atoms with Crippen molar-refractivity contribution in [3.63, 3.8) is 0 Å². The van der Waals surface area contributed by atoms with Crippen LogP contribution in [0.15, 0.2) is 18.3 Å². The van der Waals surface area contributed by atoms with E-state index in [1.165, 1.54) is 5.56 Å². The number of nitrogens with two attached hydrogens (primary N) is 1. The summed E-state index contributed by atoms with van der Waals surface area (Å²) in [4.78, 5) is 6.34. The van der Waals surface area contributed by atoms with E-state index in [-0.39, 0.29) is 0 Å². The summed E-state index contributed by atoms with van der Waals surface area (Å²) in [6.07, 6.45) is 4.39. The molecule has 2 atom stereocenters. The van der Waals surface area contributed by atoms with Crippen LogP contribution in [-0.2, 0) is 4.74 Å². The number of nitrogens with zero attached hydrogens (tertiary/aromatic N) is 2. The lowest BCUT2D eigenvalue weighted by Gasteiger charge is -2.31. The second kappa shape index (κ2) is 5.47. The first-order chi connectivity index (χ1) is 8.15. The van der Waals surface area contributed by atoms with E-state index in [0.717, 1.165) is 26.0 Å². The molecule has 0 saturated carbocycles. The fourth-order valence-electron chi connectivity index (χ4n) is 2.38. The van der Waals surface area contributed by atoms with E-state index in [1.807, 2.05) is 12.3 Å². The molecule has 2 N–H and O–H groups in total. The Hall–Kier alpha value is -1.13. The van der Waals surface area contributed by atoms with Crippen LogP contribution in [0.25, 0.3) is 0 Å². The number of ether oxygens (including phenoxy) is 1. The van der Waals surface area contributed by atoms with Crippen LogP contribution < -0.4 is 5.73 Å². The van der Waals surface area contributed by atoms with Crippen molar-refractivity contribution < 1.29 is 4.74 Å². The first kappa shape index (κ1) is 12.3. The van der Waals surface area contributed by atoms with Gasteiger partial charge in [0.15, 0.2) is 0 Å². The number of aromatic nitrogens is 1. The van der Waals surface area contributed by atoms with E-state index >= 15 is 0 Å². The van der Waals surface area contributed by atoms with Crippen LogP contribution in [0, 0.1) is 0 Å². The second-order valence-corrected chi connectivity index (χ2v) is 4.99. The zero-order valence-electron chi connectivity index (χ0n) is 10.6. The number of hydrogen-bond acceptors (Lipinski definition) is 4. The quantitative estimate of drug-likeness (QED) is 0.862. The Balaban J connectivity index is 1.99. The van der Waals surface area contributed by atoms with Gasteiger partial charge in [-0.05, 0) is 44.5 Å². The minimum absolute atomic E-state index is 0.335. The van der Waals surface area contributed by atoms with Crippen molar-refractivity contribution in [1.29, 1.82) is 0 Å². The average Bonchev–Trinajstić information content (AvgIpc) is 2.29. The summed E-state index contributed by atoms with van der Waals surface area (Å²) >= 11 is 0. The highest BCUT2D eigenvalue weighted by molar-refractivity contribution is 5.30. The maximum absolute atomic E-state index is 5.78. The minimum atomic E-state index is 0.335. The van der Waals surface area contributed by atoms with Gasteiger partial charge in [0.25, 0.3) is 0 Å². The molecule has 1 aliphatic rings. The summed E-state index contributed by atoms with van der Waals surface area (Å²) in [6, 6.07) is 3.97. The third-order valence-electron chi connectivity index (χ3n) is 3.22. The van der Waals surface area contributed by atoms with Crippen molar-refractivity contribution in [2.45, 2.75) is 24.9 Å². The maximum Gasteiger partial charge on any atom is 0.123 e. The monoisotopic (exact) mass is 235 g/mol. The van der Waals surface area contributed by atoms with Crippen molar-refractivity contribution in [1.82, 2.24) is 9.88 Å². The van der Waals surface area contributed by atoms with Gasteiger partial charge in [0.05, 0.1) is 6.10 Å². The highest BCUT2D eigenvalue weighted by Gasteiger charge is 2.24. The SMILES string of the molecule is CN(C)CC1CC(c2ccc(N)nc2)CCO1. The number of nitrogen functional groups attached to an aromatic ring is 1. The fourth-order valence-corrected chi connectivity index (χ4v) is 2.38. The van der Waals surface area contributed by atoms with E-state index in [1.54, 1.807) is 0 Å². The number of likely N-dealkylation sites (N-methyl/N-ethyl adjacent to an activating group) is 1. The molecular formula is C13H21N3O. The van der Waals surface area contributed by atoms with Gasteiger partial charge in [-0.1, -0.05) is 6.07 Å². The molecule has 1 saturated heterocycles. The van der Waals surface area contributed by atoms with Gasteiger partial charge in [-0.2, -0.15) is 0 Å². The Morgan fingerprint density at radius 2 is 2.29 bits per heavy atom. The van der Waals surface area contributed by atoms with Gasteiger partial charge in [0.1, 0.15) is 5.82 Å². The molecule has 0 amide bonds. The molecule has 17 heavy (non-hydrogen) atoms.